The van der Waals surface area contributed by atoms with Crippen LogP contribution in [0.3, 0.4) is 0 Å². The molecule has 0 aliphatic heterocycles. The van der Waals surface area contributed by atoms with Crippen LogP contribution in [0.1, 0.15) is 12.6 Å². The second kappa shape index (κ2) is 10.8. The van der Waals surface area contributed by atoms with Crippen LogP contribution < -0.4 is 25.4 Å². The Hall–Kier alpha value is -3.81. The molecular weight excluding hydrogens is 394 g/mol. The van der Waals surface area contributed by atoms with Crippen molar-refractivity contribution in [1.82, 2.24) is 15.3 Å². The summed E-state index contributed by atoms with van der Waals surface area (Å²) in [7, 11) is 1.63. The predicted octanol–water partition coefficient (Wildman–Crippen LogP) is 3.53. The van der Waals surface area contributed by atoms with Gasteiger partial charge in [0.15, 0.2) is 6.10 Å². The Bertz CT molecular complexity index is 980. The SMILES string of the molecule is COc1ccc(Nc2cc(C)nc(NCCNC(=O)C(C)Oc3ccccc3)n2)cc1. The van der Waals surface area contributed by atoms with Crippen LogP contribution in [0.15, 0.2) is 60.7 Å². The topological polar surface area (TPSA) is 97.4 Å². The van der Waals surface area contributed by atoms with Crippen molar-refractivity contribution in [3.8, 4) is 11.5 Å². The Kier molecular flexibility index (Phi) is 7.64. The molecule has 162 valence electrons. The number of methoxy groups -OCH3 is 1. The van der Waals surface area contributed by atoms with Gasteiger partial charge in [-0.25, -0.2) is 4.98 Å². The fourth-order valence-electron chi connectivity index (χ4n) is 2.79. The molecule has 1 unspecified atom stereocenters. The fourth-order valence-corrected chi connectivity index (χ4v) is 2.79. The van der Waals surface area contributed by atoms with Crippen molar-refractivity contribution in [2.24, 2.45) is 0 Å². The van der Waals surface area contributed by atoms with Gasteiger partial charge in [-0.3, -0.25) is 4.79 Å². The van der Waals surface area contributed by atoms with E-state index in [1.807, 2.05) is 67.6 Å². The van der Waals surface area contributed by atoms with Gasteiger partial charge in [0, 0.05) is 30.5 Å². The molecule has 0 spiro atoms. The van der Waals surface area contributed by atoms with E-state index in [2.05, 4.69) is 25.9 Å². The van der Waals surface area contributed by atoms with Gasteiger partial charge in [0.2, 0.25) is 5.95 Å². The smallest absolute Gasteiger partial charge is 0.260 e. The number of hydrogen-bond donors (Lipinski definition) is 3. The monoisotopic (exact) mass is 421 g/mol. The average Bonchev–Trinajstić information content (AvgIpc) is 2.77. The molecule has 1 heterocycles. The van der Waals surface area contributed by atoms with Gasteiger partial charge < -0.3 is 25.4 Å². The number of ether oxygens (including phenoxy) is 2. The number of aromatic nitrogens is 2. The molecule has 1 aromatic heterocycles. The highest BCUT2D eigenvalue weighted by molar-refractivity contribution is 5.80. The number of carbonyl (C=O) groups is 1. The molecule has 3 N–H and O–H groups in total. The highest BCUT2D eigenvalue weighted by Crippen LogP contribution is 2.20. The van der Waals surface area contributed by atoms with Crippen molar-refractivity contribution < 1.29 is 14.3 Å². The highest BCUT2D eigenvalue weighted by atomic mass is 16.5. The van der Waals surface area contributed by atoms with Gasteiger partial charge in [0.05, 0.1) is 7.11 Å². The second-order valence-corrected chi connectivity index (χ2v) is 6.86. The molecule has 0 fully saturated rings. The van der Waals surface area contributed by atoms with E-state index in [4.69, 9.17) is 9.47 Å². The van der Waals surface area contributed by atoms with Crippen molar-refractivity contribution in [3.05, 3.63) is 66.4 Å². The van der Waals surface area contributed by atoms with Crippen molar-refractivity contribution in [2.75, 3.05) is 30.8 Å². The third-order valence-corrected chi connectivity index (χ3v) is 4.35. The number of benzene rings is 2. The number of hydrogen-bond acceptors (Lipinski definition) is 7. The normalized spacial score (nSPS) is 11.3. The molecule has 0 saturated heterocycles. The van der Waals surface area contributed by atoms with E-state index in [1.165, 1.54) is 0 Å². The summed E-state index contributed by atoms with van der Waals surface area (Å²) in [6, 6.07) is 18.7. The van der Waals surface area contributed by atoms with E-state index in [9.17, 15) is 4.79 Å². The number of anilines is 3. The number of para-hydroxylation sites is 1. The van der Waals surface area contributed by atoms with E-state index in [1.54, 1.807) is 14.0 Å². The van der Waals surface area contributed by atoms with Crippen molar-refractivity contribution in [2.45, 2.75) is 20.0 Å². The zero-order chi connectivity index (χ0) is 22.1. The maximum Gasteiger partial charge on any atom is 0.260 e. The first-order valence-electron chi connectivity index (χ1n) is 10.0. The Morgan fingerprint density at radius 3 is 2.45 bits per heavy atom. The van der Waals surface area contributed by atoms with Crippen LogP contribution in [-0.2, 0) is 4.79 Å². The molecule has 0 bridgehead atoms. The molecule has 0 aliphatic carbocycles. The third kappa shape index (κ3) is 6.88. The summed E-state index contributed by atoms with van der Waals surface area (Å²) in [5, 5.41) is 9.23. The predicted molar refractivity (Wildman–Crippen MR) is 121 cm³/mol. The Balaban J connectivity index is 1.47. The molecule has 3 aromatic rings. The number of carbonyl (C=O) groups excluding carboxylic acids is 1. The highest BCUT2D eigenvalue weighted by Gasteiger charge is 2.13. The summed E-state index contributed by atoms with van der Waals surface area (Å²) < 4.78 is 10.8. The Morgan fingerprint density at radius 1 is 1.00 bits per heavy atom. The zero-order valence-corrected chi connectivity index (χ0v) is 17.9. The molecule has 0 saturated carbocycles. The lowest BCUT2D eigenvalue weighted by Gasteiger charge is -2.15. The van der Waals surface area contributed by atoms with Crippen LogP contribution >= 0.6 is 0 Å². The number of rotatable bonds is 10. The minimum Gasteiger partial charge on any atom is -0.497 e. The molecule has 31 heavy (non-hydrogen) atoms. The van der Waals surface area contributed by atoms with E-state index >= 15 is 0 Å². The minimum absolute atomic E-state index is 0.183. The lowest BCUT2D eigenvalue weighted by molar-refractivity contribution is -0.127. The quantitative estimate of drug-likeness (QED) is 0.431. The number of aryl methyl sites for hydroxylation is 1. The van der Waals surface area contributed by atoms with Crippen LogP contribution in [0.25, 0.3) is 0 Å². The molecule has 8 heteroatoms. The van der Waals surface area contributed by atoms with Crippen LogP contribution in [0.5, 0.6) is 11.5 Å². The average molecular weight is 422 g/mol. The zero-order valence-electron chi connectivity index (χ0n) is 17.9. The third-order valence-electron chi connectivity index (χ3n) is 4.35. The van der Waals surface area contributed by atoms with Crippen molar-refractivity contribution in [1.29, 1.82) is 0 Å². The second-order valence-electron chi connectivity index (χ2n) is 6.86. The van der Waals surface area contributed by atoms with Gasteiger partial charge >= 0.3 is 0 Å². The summed E-state index contributed by atoms with van der Waals surface area (Å²) in [5.74, 6) is 2.43. The van der Waals surface area contributed by atoms with E-state index < -0.39 is 6.10 Å². The van der Waals surface area contributed by atoms with Crippen LogP contribution in [0.2, 0.25) is 0 Å². The molecule has 0 radical (unpaired) electrons. The summed E-state index contributed by atoms with van der Waals surface area (Å²) >= 11 is 0. The number of nitrogens with zero attached hydrogens (tertiary/aromatic N) is 2. The Labute approximate surface area is 182 Å². The van der Waals surface area contributed by atoms with Crippen molar-refractivity contribution in [3.63, 3.8) is 0 Å². The summed E-state index contributed by atoms with van der Waals surface area (Å²) in [6.45, 7) is 4.52. The van der Waals surface area contributed by atoms with Gasteiger partial charge in [-0.2, -0.15) is 4.98 Å². The molecule has 0 aliphatic rings. The van der Waals surface area contributed by atoms with Crippen LogP contribution in [0, 0.1) is 6.92 Å². The van der Waals surface area contributed by atoms with Crippen LogP contribution in [-0.4, -0.2) is 42.2 Å². The molecule has 1 amide bonds. The van der Waals surface area contributed by atoms with E-state index in [-0.39, 0.29) is 5.91 Å². The van der Waals surface area contributed by atoms with Gasteiger partial charge in [-0.15, -0.1) is 0 Å². The van der Waals surface area contributed by atoms with Gasteiger partial charge in [0.1, 0.15) is 17.3 Å². The van der Waals surface area contributed by atoms with Crippen molar-refractivity contribution >= 4 is 23.4 Å². The standard InChI is InChI=1S/C23H27N5O3/c1-16-15-21(27-18-9-11-19(30-3)12-10-18)28-23(26-16)25-14-13-24-22(29)17(2)31-20-7-5-4-6-8-20/h4-12,15,17H,13-14H2,1-3H3,(H,24,29)(H2,25,26,27,28). The maximum absolute atomic E-state index is 12.2. The maximum atomic E-state index is 12.2. The number of amides is 1. The summed E-state index contributed by atoms with van der Waals surface area (Å²) in [6.07, 6.45) is -0.585. The first-order chi connectivity index (χ1) is 15.0. The summed E-state index contributed by atoms with van der Waals surface area (Å²) in [5.41, 5.74) is 1.71. The molecule has 8 nitrogen and oxygen atoms in total. The fraction of sp³-hybridized carbons (Fsp3) is 0.261. The largest absolute Gasteiger partial charge is 0.497 e. The van der Waals surface area contributed by atoms with Gasteiger partial charge in [-0.05, 0) is 50.2 Å². The van der Waals surface area contributed by atoms with Gasteiger partial charge in [-0.1, -0.05) is 18.2 Å². The molecular formula is C23H27N5O3. The molecule has 3 rings (SSSR count). The van der Waals surface area contributed by atoms with E-state index in [0.29, 0.717) is 30.6 Å². The first kappa shape index (κ1) is 21.9. The molecule has 2 aromatic carbocycles. The lowest BCUT2D eigenvalue weighted by Crippen LogP contribution is -2.38. The minimum atomic E-state index is -0.585. The number of nitrogens with one attached hydrogen (secondary N) is 3. The summed E-state index contributed by atoms with van der Waals surface area (Å²) in [4.78, 5) is 21.1. The molecule has 1 atom stereocenters. The first-order valence-corrected chi connectivity index (χ1v) is 10.0. The lowest BCUT2D eigenvalue weighted by atomic mass is 10.3. The van der Waals surface area contributed by atoms with Gasteiger partial charge in [0.25, 0.3) is 5.91 Å². The van der Waals surface area contributed by atoms with E-state index in [0.717, 1.165) is 17.1 Å². The Morgan fingerprint density at radius 2 is 1.74 bits per heavy atom. The van der Waals surface area contributed by atoms with Crippen LogP contribution in [0.4, 0.5) is 17.5 Å².